The Labute approximate surface area is 331 Å². The van der Waals surface area contributed by atoms with E-state index >= 15 is 0 Å². The second-order valence-corrected chi connectivity index (χ2v) is 15.0. The second-order valence-electron chi connectivity index (χ2n) is 15.0. The summed E-state index contributed by atoms with van der Waals surface area (Å²) in [6.45, 7) is 7.01. The third-order valence-corrected chi connectivity index (χ3v) is 9.30. The van der Waals surface area contributed by atoms with E-state index in [0.29, 0.717) is 6.54 Å². The molecule has 54 heavy (non-hydrogen) atoms. The Balaban J connectivity index is 4.37. The molecule has 312 valence electrons. The minimum absolute atomic E-state index is 0.0212. The van der Waals surface area contributed by atoms with E-state index in [1.165, 1.54) is 64.2 Å². The molecule has 0 saturated heterocycles. The maximum absolute atomic E-state index is 13.0. The molecule has 0 bridgehead atoms. The lowest BCUT2D eigenvalue weighted by Gasteiger charge is -2.22. The van der Waals surface area contributed by atoms with Crippen LogP contribution in [0.15, 0.2) is 48.6 Å². The summed E-state index contributed by atoms with van der Waals surface area (Å²) in [4.78, 5) is 40.0. The van der Waals surface area contributed by atoms with Gasteiger partial charge in [0.15, 0.2) is 6.04 Å². The van der Waals surface area contributed by atoms with Crippen molar-refractivity contribution < 1.29 is 29.0 Å². The van der Waals surface area contributed by atoms with E-state index in [9.17, 15) is 19.5 Å². The molecule has 0 aromatic rings. The van der Waals surface area contributed by atoms with E-state index in [-0.39, 0.29) is 50.6 Å². The number of hydrogen-bond donors (Lipinski definition) is 2. The number of likely N-dealkylation sites (N-methyl/N-ethyl adjacent to an activating group) is 1. The summed E-state index contributed by atoms with van der Waals surface area (Å²) in [7, 11) is 1.79. The van der Waals surface area contributed by atoms with Gasteiger partial charge in [-0.25, -0.2) is 4.79 Å². The van der Waals surface area contributed by atoms with Crippen LogP contribution in [-0.2, 0) is 23.9 Å². The van der Waals surface area contributed by atoms with Crippen molar-refractivity contribution in [1.82, 2.24) is 10.2 Å². The van der Waals surface area contributed by atoms with Crippen LogP contribution in [0.25, 0.3) is 0 Å². The molecule has 0 heterocycles. The van der Waals surface area contributed by atoms with Gasteiger partial charge in [0.25, 0.3) is 0 Å². The molecule has 0 radical (unpaired) electrons. The standard InChI is InChI=1S/C46H82N2O6/c1-5-7-9-11-13-15-17-19-21-23-25-27-29-31-33-35-37-53-46(52)43(47-44(50)39-48(4)38-42(3)40-49)41-54-45(51)36-34-32-30-28-26-24-22-20-18-16-14-12-10-8-6-2/h13-16,19-22,42-43,49H,5-12,17-18,23-41H2,1-4H3,(H,47,50)/b15-13-,16-14-,21-19-,22-20-/t42?,43-/m0/s1. The highest BCUT2D eigenvalue weighted by Gasteiger charge is 2.25. The van der Waals surface area contributed by atoms with Gasteiger partial charge in [0.2, 0.25) is 5.91 Å². The Bertz CT molecular complexity index is 1010. The molecule has 0 saturated carbocycles. The van der Waals surface area contributed by atoms with Crippen molar-refractivity contribution >= 4 is 17.8 Å². The normalized spacial score (nSPS) is 13.1. The summed E-state index contributed by atoms with van der Waals surface area (Å²) in [6.07, 6.45) is 44.2. The molecule has 2 N–H and O–H groups in total. The molecule has 0 spiro atoms. The third-order valence-electron chi connectivity index (χ3n) is 9.30. The van der Waals surface area contributed by atoms with Crippen LogP contribution in [0.5, 0.6) is 0 Å². The highest BCUT2D eigenvalue weighted by Crippen LogP contribution is 2.11. The molecule has 0 aromatic carbocycles. The van der Waals surface area contributed by atoms with Crippen LogP contribution in [-0.4, -0.2) is 73.9 Å². The topological polar surface area (TPSA) is 105 Å². The van der Waals surface area contributed by atoms with Crippen LogP contribution in [0.1, 0.15) is 175 Å². The van der Waals surface area contributed by atoms with E-state index in [0.717, 1.165) is 83.5 Å². The average Bonchev–Trinajstić information content (AvgIpc) is 3.15. The maximum atomic E-state index is 13.0. The minimum atomic E-state index is -1.06. The van der Waals surface area contributed by atoms with Gasteiger partial charge in [-0.3, -0.25) is 14.5 Å². The average molecular weight is 759 g/mol. The number of unbranched alkanes of at least 4 members (excludes halogenated alkanes) is 17. The van der Waals surface area contributed by atoms with Crippen LogP contribution >= 0.6 is 0 Å². The van der Waals surface area contributed by atoms with Gasteiger partial charge in [0.05, 0.1) is 13.2 Å². The number of nitrogens with zero attached hydrogens (tertiary/aromatic N) is 1. The molecule has 8 nitrogen and oxygen atoms in total. The van der Waals surface area contributed by atoms with Gasteiger partial charge in [-0.1, -0.05) is 140 Å². The molecule has 2 atom stereocenters. The Morgan fingerprint density at radius 2 is 1.09 bits per heavy atom. The van der Waals surface area contributed by atoms with Crippen LogP contribution in [0.2, 0.25) is 0 Å². The van der Waals surface area contributed by atoms with Crippen molar-refractivity contribution in [3.05, 3.63) is 48.6 Å². The molecular weight excluding hydrogens is 677 g/mol. The fraction of sp³-hybridized carbons (Fsp3) is 0.761. The van der Waals surface area contributed by atoms with Crippen LogP contribution in [0, 0.1) is 5.92 Å². The summed E-state index contributed by atoms with van der Waals surface area (Å²) < 4.78 is 11.0. The zero-order chi connectivity index (χ0) is 39.7. The first-order valence-electron chi connectivity index (χ1n) is 21.8. The number of amides is 1. The van der Waals surface area contributed by atoms with E-state index in [1.54, 1.807) is 11.9 Å². The lowest BCUT2D eigenvalue weighted by atomic mass is 10.1. The van der Waals surface area contributed by atoms with Gasteiger partial charge < -0.3 is 19.9 Å². The van der Waals surface area contributed by atoms with E-state index in [1.807, 2.05) is 6.92 Å². The molecule has 1 amide bonds. The number of aliphatic hydroxyl groups excluding tert-OH is 1. The van der Waals surface area contributed by atoms with Crippen LogP contribution in [0.3, 0.4) is 0 Å². The Morgan fingerprint density at radius 3 is 1.59 bits per heavy atom. The second kappa shape index (κ2) is 40.0. The molecule has 0 aromatic heterocycles. The molecule has 0 aliphatic carbocycles. The van der Waals surface area contributed by atoms with E-state index in [4.69, 9.17) is 9.47 Å². The summed E-state index contributed by atoms with van der Waals surface area (Å²) in [6, 6.07) is -1.06. The first kappa shape index (κ1) is 51.3. The van der Waals surface area contributed by atoms with Crippen molar-refractivity contribution in [3.8, 4) is 0 Å². The molecule has 0 rings (SSSR count). The van der Waals surface area contributed by atoms with Crippen molar-refractivity contribution in [2.75, 3.05) is 40.0 Å². The highest BCUT2D eigenvalue weighted by molar-refractivity contribution is 5.85. The van der Waals surface area contributed by atoms with Gasteiger partial charge in [0.1, 0.15) is 6.61 Å². The van der Waals surface area contributed by atoms with E-state index in [2.05, 4.69) is 67.8 Å². The number of ether oxygens (including phenoxy) is 2. The number of hydrogen-bond acceptors (Lipinski definition) is 7. The summed E-state index contributed by atoms with van der Waals surface area (Å²) in [5, 5.41) is 12.0. The summed E-state index contributed by atoms with van der Waals surface area (Å²) in [5.74, 6) is -1.29. The highest BCUT2D eigenvalue weighted by atomic mass is 16.6. The van der Waals surface area contributed by atoms with Gasteiger partial charge in [-0.2, -0.15) is 0 Å². The van der Waals surface area contributed by atoms with Crippen LogP contribution in [0.4, 0.5) is 0 Å². The predicted octanol–water partition coefficient (Wildman–Crippen LogP) is 10.7. The van der Waals surface area contributed by atoms with E-state index < -0.39 is 12.0 Å². The lowest BCUT2D eigenvalue weighted by molar-refractivity contribution is -0.154. The van der Waals surface area contributed by atoms with Gasteiger partial charge in [-0.05, 0) is 90.0 Å². The number of rotatable bonds is 38. The van der Waals surface area contributed by atoms with Gasteiger partial charge in [0, 0.05) is 19.6 Å². The Hall–Kier alpha value is -2.71. The summed E-state index contributed by atoms with van der Waals surface area (Å²) in [5.41, 5.74) is 0. The fourth-order valence-electron chi connectivity index (χ4n) is 6.00. The predicted molar refractivity (Wildman–Crippen MR) is 226 cm³/mol. The number of carbonyl (C=O) groups excluding carboxylic acids is 3. The number of allylic oxidation sites excluding steroid dienone is 8. The number of nitrogens with one attached hydrogen (secondary N) is 1. The molecule has 1 unspecified atom stereocenters. The first-order valence-corrected chi connectivity index (χ1v) is 21.8. The zero-order valence-electron chi connectivity index (χ0n) is 35.2. The molecule has 0 fully saturated rings. The Morgan fingerprint density at radius 1 is 0.630 bits per heavy atom. The maximum Gasteiger partial charge on any atom is 0.332 e. The number of aliphatic hydroxyl groups is 1. The molecule has 0 aliphatic rings. The summed E-state index contributed by atoms with van der Waals surface area (Å²) >= 11 is 0. The third kappa shape index (κ3) is 36.3. The molecular formula is C46H82N2O6. The SMILES string of the molecule is CCCCC/C=C\C/C=C\CCCCCCCCOC(=O)[C@H](COC(=O)CCCCCCC/C=C\C/C=C\CCCCC)NC(=O)CN(C)CC(C)CO. The van der Waals surface area contributed by atoms with Crippen molar-refractivity contribution in [3.63, 3.8) is 0 Å². The fourth-order valence-corrected chi connectivity index (χ4v) is 6.00. The smallest absolute Gasteiger partial charge is 0.332 e. The van der Waals surface area contributed by atoms with Crippen LogP contribution < -0.4 is 5.32 Å². The zero-order valence-corrected chi connectivity index (χ0v) is 35.2. The number of esters is 2. The molecule has 0 aliphatic heterocycles. The van der Waals surface area contributed by atoms with Gasteiger partial charge in [-0.15, -0.1) is 0 Å². The number of carbonyl (C=O) groups is 3. The quantitative estimate of drug-likeness (QED) is 0.0367. The largest absolute Gasteiger partial charge is 0.464 e. The van der Waals surface area contributed by atoms with Crippen molar-refractivity contribution in [2.45, 2.75) is 181 Å². The van der Waals surface area contributed by atoms with Gasteiger partial charge >= 0.3 is 11.9 Å². The monoisotopic (exact) mass is 759 g/mol. The van der Waals surface area contributed by atoms with Crippen molar-refractivity contribution in [2.24, 2.45) is 5.92 Å². The lowest BCUT2D eigenvalue weighted by Crippen LogP contribution is -2.48. The first-order chi connectivity index (χ1) is 26.3. The minimum Gasteiger partial charge on any atom is -0.464 e. The molecule has 8 heteroatoms. The van der Waals surface area contributed by atoms with Crippen molar-refractivity contribution in [1.29, 1.82) is 0 Å². The Kier molecular flexibility index (Phi) is 38.0.